The van der Waals surface area contributed by atoms with Crippen LogP contribution in [0.4, 0.5) is 0 Å². The maximum atomic E-state index is 5.22. The van der Waals surface area contributed by atoms with Crippen LogP contribution in [0.2, 0.25) is 0 Å². The van der Waals surface area contributed by atoms with Gasteiger partial charge in [0.2, 0.25) is 0 Å². The van der Waals surface area contributed by atoms with Gasteiger partial charge in [0.1, 0.15) is 5.82 Å². The molecule has 0 radical (unpaired) electrons. The number of ether oxygens (including phenoxy) is 1. The normalized spacial score (nSPS) is 14.9. The molecule has 0 saturated carbocycles. The lowest BCUT2D eigenvalue weighted by atomic mass is 10.0. The minimum atomic E-state index is 0.652. The molecule has 1 atom stereocenters. The Labute approximate surface area is 168 Å². The predicted octanol–water partition coefficient (Wildman–Crippen LogP) is 2.53. The van der Waals surface area contributed by atoms with Crippen LogP contribution in [0.25, 0.3) is 0 Å². The van der Waals surface area contributed by atoms with E-state index in [2.05, 4.69) is 36.8 Å². The number of aromatic nitrogens is 3. The Morgan fingerprint density at radius 1 is 1.32 bits per heavy atom. The van der Waals surface area contributed by atoms with Gasteiger partial charge < -0.3 is 4.74 Å². The topological polar surface area (TPSA) is 63.5 Å². The number of nitrogens with zero attached hydrogens (tertiary/aromatic N) is 5. The molecule has 7 heteroatoms. The first kappa shape index (κ1) is 20.3. The number of pyridine rings is 1. The molecular weight excluding hydrogens is 369 g/mol. The Morgan fingerprint density at radius 2 is 2.11 bits per heavy atom. The van der Waals surface area contributed by atoms with Crippen LogP contribution in [0.15, 0.2) is 60.8 Å². The molecule has 2 aromatic rings. The summed E-state index contributed by atoms with van der Waals surface area (Å²) in [5.41, 5.74) is 2.76. The van der Waals surface area contributed by atoms with Crippen molar-refractivity contribution in [3.8, 4) is 0 Å². The molecule has 2 aromatic heterocycles. The van der Waals surface area contributed by atoms with Gasteiger partial charge in [-0.3, -0.25) is 9.99 Å². The molecule has 1 saturated heterocycles. The highest BCUT2D eigenvalue weighted by molar-refractivity contribution is 7.27. The van der Waals surface area contributed by atoms with E-state index in [1.165, 1.54) is 0 Å². The van der Waals surface area contributed by atoms with Gasteiger partial charge in [0, 0.05) is 49.7 Å². The molecule has 1 fully saturated rings. The number of hydrazone groups is 1. The molecule has 0 bridgehead atoms. The Kier molecular flexibility index (Phi) is 7.40. The first-order valence-electron chi connectivity index (χ1n) is 9.31. The average Bonchev–Trinajstić information content (AvgIpc) is 2.64. The maximum Gasteiger partial charge on any atom is 0.128 e. The second-order valence-corrected chi connectivity index (χ2v) is 7.52. The summed E-state index contributed by atoms with van der Waals surface area (Å²) in [6.07, 6.45) is 14.8. The summed E-state index contributed by atoms with van der Waals surface area (Å²) in [5, 5.41) is 7.66. The van der Waals surface area contributed by atoms with Crippen LogP contribution < -0.4 is 5.30 Å². The highest BCUT2D eigenvalue weighted by Gasteiger charge is 2.18. The van der Waals surface area contributed by atoms with Crippen molar-refractivity contribution in [2.75, 3.05) is 20.3 Å². The van der Waals surface area contributed by atoms with Crippen molar-refractivity contribution in [1.82, 2.24) is 20.0 Å². The Bertz CT molecular complexity index is 846. The van der Waals surface area contributed by atoms with E-state index in [4.69, 9.17) is 9.84 Å². The van der Waals surface area contributed by atoms with Crippen molar-refractivity contribution in [3.63, 3.8) is 0 Å². The fraction of sp³-hybridized carbons (Fsp3) is 0.333. The van der Waals surface area contributed by atoms with E-state index in [1.807, 2.05) is 49.0 Å². The van der Waals surface area contributed by atoms with Crippen molar-refractivity contribution in [2.45, 2.75) is 19.4 Å². The second-order valence-electron chi connectivity index (χ2n) is 6.85. The Hall–Kier alpha value is -2.43. The first-order valence-corrected chi connectivity index (χ1v) is 9.89. The molecule has 1 aliphatic rings. The van der Waals surface area contributed by atoms with E-state index in [-0.39, 0.29) is 0 Å². The van der Waals surface area contributed by atoms with Gasteiger partial charge in [-0.05, 0) is 29.4 Å². The highest BCUT2D eigenvalue weighted by Crippen LogP contribution is 2.16. The molecule has 1 aliphatic heterocycles. The zero-order chi connectivity index (χ0) is 19.8. The van der Waals surface area contributed by atoms with E-state index in [1.54, 1.807) is 6.08 Å². The van der Waals surface area contributed by atoms with Crippen LogP contribution in [0.5, 0.6) is 0 Å². The summed E-state index contributed by atoms with van der Waals surface area (Å²) in [6, 6.07) is 2.08. The molecule has 146 valence electrons. The van der Waals surface area contributed by atoms with Gasteiger partial charge in [0.15, 0.2) is 0 Å². The monoisotopic (exact) mass is 395 g/mol. The van der Waals surface area contributed by atoms with Gasteiger partial charge in [0.25, 0.3) is 0 Å². The smallest absolute Gasteiger partial charge is 0.128 e. The van der Waals surface area contributed by atoms with E-state index < -0.39 is 0 Å². The predicted molar refractivity (Wildman–Crippen MR) is 116 cm³/mol. The summed E-state index contributed by atoms with van der Waals surface area (Å²) < 4.78 is 5.22. The molecule has 0 aliphatic carbocycles. The summed E-state index contributed by atoms with van der Waals surface area (Å²) in [6.45, 7) is 6.13. The first-order chi connectivity index (χ1) is 13.6. The number of rotatable bonds is 9. The molecule has 28 heavy (non-hydrogen) atoms. The largest absolute Gasteiger partial charge is 0.381 e. The van der Waals surface area contributed by atoms with Crippen LogP contribution in [-0.4, -0.2) is 45.9 Å². The molecule has 3 rings (SSSR count). The second kappa shape index (κ2) is 10.2. The summed E-state index contributed by atoms with van der Waals surface area (Å²) in [4.78, 5) is 13.3. The number of aryl methyl sites for hydroxylation is 1. The van der Waals surface area contributed by atoms with Crippen LogP contribution in [0, 0.1) is 5.92 Å². The van der Waals surface area contributed by atoms with Gasteiger partial charge in [-0.2, -0.15) is 5.10 Å². The van der Waals surface area contributed by atoms with Crippen molar-refractivity contribution < 1.29 is 4.74 Å². The molecule has 1 unspecified atom stereocenters. The zero-order valence-electron chi connectivity index (χ0n) is 16.2. The van der Waals surface area contributed by atoms with E-state index in [9.17, 15) is 0 Å². The molecule has 3 heterocycles. The fourth-order valence-corrected chi connectivity index (χ4v) is 3.12. The van der Waals surface area contributed by atoms with Gasteiger partial charge in [-0.25, -0.2) is 9.97 Å². The Morgan fingerprint density at radius 3 is 2.75 bits per heavy atom. The SMILES string of the molecule is C=C/C=C\C(=N/N(C)Cc1cncc(P)c1)c1cnc(CCC2COC2)nc1. The van der Waals surface area contributed by atoms with Gasteiger partial charge in [0.05, 0.1) is 25.5 Å². The molecule has 0 N–H and O–H groups in total. The fourth-order valence-electron chi connectivity index (χ4n) is 2.82. The van der Waals surface area contributed by atoms with E-state index in [0.29, 0.717) is 12.5 Å². The lowest BCUT2D eigenvalue weighted by Crippen LogP contribution is -2.27. The minimum absolute atomic E-state index is 0.652. The molecular formula is C21H26N5OP. The van der Waals surface area contributed by atoms with Gasteiger partial charge in [-0.1, -0.05) is 18.7 Å². The molecule has 6 nitrogen and oxygen atoms in total. The minimum Gasteiger partial charge on any atom is -0.381 e. The maximum absolute atomic E-state index is 5.22. The third-order valence-electron chi connectivity index (χ3n) is 4.38. The van der Waals surface area contributed by atoms with Crippen molar-refractivity contribution in [2.24, 2.45) is 11.0 Å². The van der Waals surface area contributed by atoms with Crippen molar-refractivity contribution in [1.29, 1.82) is 0 Å². The third kappa shape index (κ3) is 6.04. The molecule has 0 aromatic carbocycles. The van der Waals surface area contributed by atoms with Gasteiger partial charge >= 0.3 is 0 Å². The van der Waals surface area contributed by atoms with Crippen LogP contribution in [0.3, 0.4) is 0 Å². The standard InChI is InChI=1S/C21H26N5OP/c1-3-4-5-20(25-26(2)13-17-8-19(28)12-22-9-17)18-10-23-21(24-11-18)7-6-16-14-27-15-16/h3-5,8-12,16H,1,6-7,13-15,28H2,2H3/b5-4-,25-20+. The van der Waals surface area contributed by atoms with Crippen LogP contribution in [-0.2, 0) is 17.7 Å². The lowest BCUT2D eigenvalue weighted by molar-refractivity contribution is -0.0354. The Balaban J connectivity index is 1.70. The summed E-state index contributed by atoms with van der Waals surface area (Å²) in [7, 11) is 4.60. The molecule has 0 amide bonds. The lowest BCUT2D eigenvalue weighted by Gasteiger charge is -2.25. The quantitative estimate of drug-likeness (QED) is 0.283. The van der Waals surface area contributed by atoms with E-state index >= 15 is 0 Å². The number of hydrogen-bond acceptors (Lipinski definition) is 6. The highest BCUT2D eigenvalue weighted by atomic mass is 31.0. The third-order valence-corrected chi connectivity index (χ3v) is 4.70. The van der Waals surface area contributed by atoms with Crippen LogP contribution >= 0.6 is 9.24 Å². The zero-order valence-corrected chi connectivity index (χ0v) is 17.3. The van der Waals surface area contributed by atoms with Gasteiger partial charge in [-0.15, -0.1) is 9.24 Å². The number of hydrogen-bond donors (Lipinski definition) is 0. The van der Waals surface area contributed by atoms with Crippen LogP contribution in [0.1, 0.15) is 23.4 Å². The van der Waals surface area contributed by atoms with Crippen molar-refractivity contribution >= 4 is 20.3 Å². The van der Waals surface area contributed by atoms with Crippen molar-refractivity contribution in [3.05, 3.63) is 72.6 Å². The molecule has 0 spiro atoms. The van der Waals surface area contributed by atoms with E-state index in [0.717, 1.165) is 54.0 Å². The number of allylic oxidation sites excluding steroid dienone is 3. The average molecular weight is 395 g/mol. The summed E-state index contributed by atoms with van der Waals surface area (Å²) >= 11 is 0. The summed E-state index contributed by atoms with van der Waals surface area (Å²) in [5.74, 6) is 1.51.